The summed E-state index contributed by atoms with van der Waals surface area (Å²) in [6, 6.07) is 8.50. The molecule has 0 heterocycles. The largest absolute Gasteiger partial charge is 0.494 e. The SMILES string of the molecule is CCCCCOCCCCCOCCCCCCOc1ccc(C(C)C)cc1. The maximum atomic E-state index is 5.82. The molecule has 0 bridgehead atoms. The van der Waals surface area contributed by atoms with Gasteiger partial charge in [-0.15, -0.1) is 0 Å². The van der Waals surface area contributed by atoms with Crippen molar-refractivity contribution in [1.29, 1.82) is 0 Å². The third-order valence-corrected chi connectivity index (χ3v) is 4.97. The molecule has 0 aliphatic rings. The molecular weight excluding hydrogens is 348 g/mol. The molecule has 0 fully saturated rings. The van der Waals surface area contributed by atoms with Crippen molar-refractivity contribution < 1.29 is 14.2 Å². The number of rotatable bonds is 19. The maximum Gasteiger partial charge on any atom is 0.119 e. The average Bonchev–Trinajstić information content (AvgIpc) is 2.70. The number of hydrogen-bond acceptors (Lipinski definition) is 3. The minimum absolute atomic E-state index is 0.575. The van der Waals surface area contributed by atoms with Gasteiger partial charge in [0.05, 0.1) is 6.61 Å². The van der Waals surface area contributed by atoms with Gasteiger partial charge in [-0.25, -0.2) is 0 Å². The van der Waals surface area contributed by atoms with Crippen LogP contribution in [0.3, 0.4) is 0 Å². The topological polar surface area (TPSA) is 27.7 Å². The van der Waals surface area contributed by atoms with E-state index in [4.69, 9.17) is 14.2 Å². The van der Waals surface area contributed by atoms with Crippen LogP contribution < -0.4 is 4.74 Å². The monoisotopic (exact) mass is 392 g/mol. The van der Waals surface area contributed by atoms with Gasteiger partial charge in [-0.3, -0.25) is 0 Å². The average molecular weight is 393 g/mol. The molecular formula is C25H44O3. The predicted octanol–water partition coefficient (Wildman–Crippen LogP) is 7.14. The van der Waals surface area contributed by atoms with E-state index in [2.05, 4.69) is 45.0 Å². The van der Waals surface area contributed by atoms with Gasteiger partial charge in [0.25, 0.3) is 0 Å². The first kappa shape index (κ1) is 25.0. The summed E-state index contributed by atoms with van der Waals surface area (Å²) in [5, 5.41) is 0. The Balaban J connectivity index is 1.78. The van der Waals surface area contributed by atoms with Crippen molar-refractivity contribution in [3.8, 4) is 5.75 Å². The number of unbranched alkanes of at least 4 members (excludes halogenated alkanes) is 7. The van der Waals surface area contributed by atoms with Gasteiger partial charge in [-0.05, 0) is 68.6 Å². The summed E-state index contributed by atoms with van der Waals surface area (Å²) in [6.45, 7) is 11.1. The zero-order chi connectivity index (χ0) is 20.3. The molecule has 3 heteroatoms. The zero-order valence-corrected chi connectivity index (χ0v) is 18.7. The predicted molar refractivity (Wildman–Crippen MR) is 120 cm³/mol. The molecule has 0 atom stereocenters. The fourth-order valence-electron chi connectivity index (χ4n) is 3.04. The highest BCUT2D eigenvalue weighted by Gasteiger charge is 1.99. The van der Waals surface area contributed by atoms with Crippen molar-refractivity contribution in [3.05, 3.63) is 29.8 Å². The van der Waals surface area contributed by atoms with E-state index >= 15 is 0 Å². The fraction of sp³-hybridized carbons (Fsp3) is 0.760. The Morgan fingerprint density at radius 3 is 1.57 bits per heavy atom. The number of benzene rings is 1. The molecule has 0 amide bonds. The van der Waals surface area contributed by atoms with Crippen molar-refractivity contribution in [1.82, 2.24) is 0 Å². The van der Waals surface area contributed by atoms with Gasteiger partial charge < -0.3 is 14.2 Å². The van der Waals surface area contributed by atoms with E-state index in [1.165, 1.54) is 44.1 Å². The molecule has 28 heavy (non-hydrogen) atoms. The summed E-state index contributed by atoms with van der Waals surface area (Å²) in [5.74, 6) is 1.56. The minimum atomic E-state index is 0.575. The second-order valence-electron chi connectivity index (χ2n) is 7.98. The number of ether oxygens (including phenoxy) is 3. The van der Waals surface area contributed by atoms with Crippen LogP contribution in [-0.2, 0) is 9.47 Å². The lowest BCUT2D eigenvalue weighted by Crippen LogP contribution is -2.01. The summed E-state index contributed by atoms with van der Waals surface area (Å²) in [4.78, 5) is 0. The lowest BCUT2D eigenvalue weighted by Gasteiger charge is -2.09. The normalized spacial score (nSPS) is 11.3. The van der Waals surface area contributed by atoms with Gasteiger partial charge in [0.15, 0.2) is 0 Å². The molecule has 0 aliphatic heterocycles. The smallest absolute Gasteiger partial charge is 0.119 e. The van der Waals surface area contributed by atoms with Gasteiger partial charge in [-0.1, -0.05) is 52.2 Å². The second-order valence-corrected chi connectivity index (χ2v) is 7.98. The highest BCUT2D eigenvalue weighted by atomic mass is 16.5. The Hall–Kier alpha value is -1.06. The van der Waals surface area contributed by atoms with E-state index in [-0.39, 0.29) is 0 Å². The third-order valence-electron chi connectivity index (χ3n) is 4.97. The van der Waals surface area contributed by atoms with Crippen LogP contribution in [0.15, 0.2) is 24.3 Å². The molecule has 0 aromatic heterocycles. The van der Waals surface area contributed by atoms with Crippen molar-refractivity contribution in [3.63, 3.8) is 0 Å². The van der Waals surface area contributed by atoms with Gasteiger partial charge in [0.1, 0.15) is 5.75 Å². The second kappa shape index (κ2) is 18.0. The molecule has 0 saturated carbocycles. The molecule has 0 unspecified atom stereocenters. The molecule has 162 valence electrons. The van der Waals surface area contributed by atoms with Crippen molar-refractivity contribution in [2.45, 2.75) is 90.9 Å². The van der Waals surface area contributed by atoms with Crippen LogP contribution in [0.5, 0.6) is 5.75 Å². The molecule has 3 nitrogen and oxygen atoms in total. The van der Waals surface area contributed by atoms with Gasteiger partial charge in [-0.2, -0.15) is 0 Å². The highest BCUT2D eigenvalue weighted by Crippen LogP contribution is 2.18. The molecule has 0 aliphatic carbocycles. The summed E-state index contributed by atoms with van der Waals surface area (Å²) in [5.41, 5.74) is 1.36. The first-order valence-electron chi connectivity index (χ1n) is 11.6. The molecule has 1 aromatic carbocycles. The quantitative estimate of drug-likeness (QED) is 0.234. The van der Waals surface area contributed by atoms with Crippen LogP contribution in [0.2, 0.25) is 0 Å². The molecule has 0 saturated heterocycles. The van der Waals surface area contributed by atoms with E-state index in [0.29, 0.717) is 5.92 Å². The first-order chi connectivity index (χ1) is 13.7. The molecule has 0 radical (unpaired) electrons. The summed E-state index contributed by atoms with van der Waals surface area (Å²) >= 11 is 0. The van der Waals surface area contributed by atoms with E-state index < -0.39 is 0 Å². The zero-order valence-electron chi connectivity index (χ0n) is 18.7. The first-order valence-corrected chi connectivity index (χ1v) is 11.6. The molecule has 0 N–H and O–H groups in total. The summed E-state index contributed by atoms with van der Waals surface area (Å²) in [7, 11) is 0. The highest BCUT2D eigenvalue weighted by molar-refractivity contribution is 5.28. The van der Waals surface area contributed by atoms with Crippen LogP contribution in [0, 0.1) is 0 Å². The van der Waals surface area contributed by atoms with Gasteiger partial charge in [0, 0.05) is 26.4 Å². The van der Waals surface area contributed by atoms with Crippen molar-refractivity contribution >= 4 is 0 Å². The van der Waals surface area contributed by atoms with E-state index in [9.17, 15) is 0 Å². The van der Waals surface area contributed by atoms with E-state index in [0.717, 1.165) is 64.5 Å². The van der Waals surface area contributed by atoms with Crippen molar-refractivity contribution in [2.75, 3.05) is 33.0 Å². The third kappa shape index (κ3) is 14.0. The lowest BCUT2D eigenvalue weighted by atomic mass is 10.0. The van der Waals surface area contributed by atoms with Crippen LogP contribution in [0.1, 0.15) is 96.5 Å². The molecule has 1 aromatic rings. The Labute approximate surface area is 174 Å². The van der Waals surface area contributed by atoms with Crippen LogP contribution in [0.4, 0.5) is 0 Å². The minimum Gasteiger partial charge on any atom is -0.494 e. The standard InChI is InChI=1S/C25H44O3/c1-4-5-9-18-26-20-11-8-12-21-27-19-10-6-7-13-22-28-25-16-14-24(15-17-25)23(2)3/h14-17,23H,4-13,18-22H2,1-3H3. The Bertz CT molecular complexity index is 442. The Morgan fingerprint density at radius 1 is 0.607 bits per heavy atom. The maximum absolute atomic E-state index is 5.82. The van der Waals surface area contributed by atoms with E-state index in [1.807, 2.05) is 0 Å². The van der Waals surface area contributed by atoms with E-state index in [1.54, 1.807) is 0 Å². The van der Waals surface area contributed by atoms with Crippen molar-refractivity contribution in [2.24, 2.45) is 0 Å². The van der Waals surface area contributed by atoms with Crippen LogP contribution in [0.25, 0.3) is 0 Å². The van der Waals surface area contributed by atoms with Crippen LogP contribution in [-0.4, -0.2) is 33.0 Å². The number of hydrogen-bond donors (Lipinski definition) is 0. The molecule has 1 rings (SSSR count). The van der Waals surface area contributed by atoms with Crippen LogP contribution >= 0.6 is 0 Å². The Kier molecular flexibility index (Phi) is 16.1. The Morgan fingerprint density at radius 2 is 1.07 bits per heavy atom. The van der Waals surface area contributed by atoms with Gasteiger partial charge in [0.2, 0.25) is 0 Å². The fourth-order valence-corrected chi connectivity index (χ4v) is 3.04. The summed E-state index contributed by atoms with van der Waals surface area (Å²) in [6.07, 6.45) is 12.0. The summed E-state index contributed by atoms with van der Waals surface area (Å²) < 4.78 is 17.2. The lowest BCUT2D eigenvalue weighted by molar-refractivity contribution is 0.111. The van der Waals surface area contributed by atoms with Gasteiger partial charge >= 0.3 is 0 Å². The molecule has 0 spiro atoms.